The first kappa shape index (κ1) is 12.0. The van der Waals surface area contributed by atoms with E-state index in [-0.39, 0.29) is 0 Å². The molecule has 1 fully saturated rings. The van der Waals surface area contributed by atoms with Gasteiger partial charge in [-0.15, -0.1) is 5.10 Å². The topological polar surface area (TPSA) is 67.1 Å². The number of carboxylic acid groups (broad SMARTS) is 1. The monoisotopic (exact) mass is 259 g/mol. The standard InChI is InChI=1S/C14H17N3O2/c18-14(19)17-12-9-5-4-8-11(12)13(16-17)15-10-6-2-1-3-7-10/h4-5,8-10H,1-3,6-7H2,(H,15,16)(H,18,19). The number of hydrogen-bond acceptors (Lipinski definition) is 3. The maximum atomic E-state index is 11.2. The highest BCUT2D eigenvalue weighted by molar-refractivity contribution is 5.95. The minimum absolute atomic E-state index is 0.411. The van der Waals surface area contributed by atoms with Crippen molar-refractivity contribution in [3.8, 4) is 0 Å². The van der Waals surface area contributed by atoms with E-state index in [4.69, 9.17) is 0 Å². The lowest BCUT2D eigenvalue weighted by Gasteiger charge is -2.22. The number of anilines is 1. The highest BCUT2D eigenvalue weighted by Crippen LogP contribution is 2.26. The molecule has 0 unspecified atom stereocenters. The SMILES string of the molecule is O=C(O)n1nc(NC2CCCCC2)c2ccccc21. The number of nitrogens with zero attached hydrogens (tertiary/aromatic N) is 2. The molecule has 0 bridgehead atoms. The molecule has 2 aromatic rings. The molecule has 1 aromatic heterocycles. The van der Waals surface area contributed by atoms with E-state index in [0.29, 0.717) is 17.4 Å². The second-order valence-electron chi connectivity index (χ2n) is 5.04. The molecular formula is C14H17N3O2. The van der Waals surface area contributed by atoms with Gasteiger partial charge in [-0.1, -0.05) is 31.4 Å². The molecule has 1 aliphatic rings. The highest BCUT2D eigenvalue weighted by Gasteiger charge is 2.18. The van der Waals surface area contributed by atoms with Gasteiger partial charge in [0, 0.05) is 11.4 Å². The Bertz CT molecular complexity index is 600. The summed E-state index contributed by atoms with van der Waals surface area (Å²) in [5.74, 6) is 0.685. The number of rotatable bonds is 2. The Balaban J connectivity index is 1.96. The lowest BCUT2D eigenvalue weighted by atomic mass is 9.95. The van der Waals surface area contributed by atoms with Crippen molar-refractivity contribution in [2.45, 2.75) is 38.1 Å². The summed E-state index contributed by atoms with van der Waals surface area (Å²) in [5.41, 5.74) is 0.633. The molecule has 0 atom stereocenters. The summed E-state index contributed by atoms with van der Waals surface area (Å²) in [5, 5.41) is 17.6. The number of nitrogens with one attached hydrogen (secondary N) is 1. The number of para-hydroxylation sites is 1. The van der Waals surface area contributed by atoms with Gasteiger partial charge in [-0.2, -0.15) is 4.68 Å². The number of benzene rings is 1. The Kier molecular flexibility index (Phi) is 3.11. The summed E-state index contributed by atoms with van der Waals surface area (Å²) in [7, 11) is 0. The molecule has 5 heteroatoms. The van der Waals surface area contributed by atoms with Crippen LogP contribution in [0.1, 0.15) is 32.1 Å². The van der Waals surface area contributed by atoms with E-state index in [2.05, 4.69) is 10.4 Å². The van der Waals surface area contributed by atoms with Crippen LogP contribution in [0.2, 0.25) is 0 Å². The van der Waals surface area contributed by atoms with Gasteiger partial charge in [-0.3, -0.25) is 0 Å². The van der Waals surface area contributed by atoms with Gasteiger partial charge in [0.2, 0.25) is 0 Å². The largest absolute Gasteiger partial charge is 0.463 e. The van der Waals surface area contributed by atoms with Gasteiger partial charge in [-0.25, -0.2) is 4.79 Å². The quantitative estimate of drug-likeness (QED) is 0.868. The third-order valence-corrected chi connectivity index (χ3v) is 3.71. The molecule has 100 valence electrons. The summed E-state index contributed by atoms with van der Waals surface area (Å²) >= 11 is 0. The van der Waals surface area contributed by atoms with Gasteiger partial charge in [0.15, 0.2) is 5.82 Å². The molecule has 1 aromatic carbocycles. The zero-order chi connectivity index (χ0) is 13.2. The molecule has 0 aliphatic heterocycles. The molecule has 0 radical (unpaired) electrons. The van der Waals surface area contributed by atoms with Crippen molar-refractivity contribution in [1.82, 2.24) is 9.78 Å². The predicted octanol–water partition coefficient (Wildman–Crippen LogP) is 3.31. The molecule has 1 heterocycles. The fraction of sp³-hybridized carbons (Fsp3) is 0.429. The first-order valence-electron chi connectivity index (χ1n) is 6.73. The number of carbonyl (C=O) groups is 1. The molecule has 5 nitrogen and oxygen atoms in total. The molecule has 2 N–H and O–H groups in total. The molecule has 19 heavy (non-hydrogen) atoms. The van der Waals surface area contributed by atoms with Crippen molar-refractivity contribution in [3.05, 3.63) is 24.3 Å². The van der Waals surface area contributed by atoms with Gasteiger partial charge in [0.05, 0.1) is 5.52 Å². The molecule has 0 amide bonds. The lowest BCUT2D eigenvalue weighted by molar-refractivity contribution is 0.194. The van der Waals surface area contributed by atoms with Crippen molar-refractivity contribution in [2.75, 3.05) is 5.32 Å². The van der Waals surface area contributed by atoms with E-state index in [9.17, 15) is 9.90 Å². The molecule has 0 saturated heterocycles. The van der Waals surface area contributed by atoms with Crippen molar-refractivity contribution >= 4 is 22.8 Å². The zero-order valence-electron chi connectivity index (χ0n) is 10.7. The first-order chi connectivity index (χ1) is 9.25. The fourth-order valence-corrected chi connectivity index (χ4v) is 2.76. The van der Waals surface area contributed by atoms with E-state index < -0.39 is 6.09 Å². The first-order valence-corrected chi connectivity index (χ1v) is 6.73. The van der Waals surface area contributed by atoms with Crippen molar-refractivity contribution in [3.63, 3.8) is 0 Å². The van der Waals surface area contributed by atoms with Crippen LogP contribution in [0.25, 0.3) is 10.9 Å². The van der Waals surface area contributed by atoms with Crippen molar-refractivity contribution in [1.29, 1.82) is 0 Å². The summed E-state index contributed by atoms with van der Waals surface area (Å²) in [6, 6.07) is 7.83. The summed E-state index contributed by atoms with van der Waals surface area (Å²) < 4.78 is 1.04. The maximum absolute atomic E-state index is 11.2. The average Bonchev–Trinajstić information content (AvgIpc) is 2.79. The number of aromatic nitrogens is 2. The van der Waals surface area contributed by atoms with Crippen LogP contribution in [-0.4, -0.2) is 27.0 Å². The Morgan fingerprint density at radius 1 is 1.26 bits per heavy atom. The lowest BCUT2D eigenvalue weighted by Crippen LogP contribution is -2.22. The van der Waals surface area contributed by atoms with E-state index in [1.165, 1.54) is 19.3 Å². The van der Waals surface area contributed by atoms with Crippen LogP contribution < -0.4 is 5.32 Å². The Hall–Kier alpha value is -2.04. The van der Waals surface area contributed by atoms with Crippen LogP contribution in [0.3, 0.4) is 0 Å². The Morgan fingerprint density at radius 3 is 2.74 bits per heavy atom. The van der Waals surface area contributed by atoms with E-state index >= 15 is 0 Å². The zero-order valence-corrected chi connectivity index (χ0v) is 10.7. The number of fused-ring (bicyclic) bond motifs is 1. The van der Waals surface area contributed by atoms with Gasteiger partial charge < -0.3 is 10.4 Å². The van der Waals surface area contributed by atoms with Crippen LogP contribution in [0, 0.1) is 0 Å². The van der Waals surface area contributed by atoms with Crippen LogP contribution in [0.5, 0.6) is 0 Å². The van der Waals surface area contributed by atoms with Gasteiger partial charge in [0.25, 0.3) is 0 Å². The summed E-state index contributed by atoms with van der Waals surface area (Å²) in [4.78, 5) is 11.2. The van der Waals surface area contributed by atoms with Crippen LogP contribution in [0.15, 0.2) is 24.3 Å². The molecule has 0 spiro atoms. The normalized spacial score (nSPS) is 16.6. The van der Waals surface area contributed by atoms with E-state index in [1.54, 1.807) is 6.07 Å². The summed E-state index contributed by atoms with van der Waals surface area (Å²) in [6.07, 6.45) is 4.98. The smallest absolute Gasteiger partial charge is 0.432 e. The van der Waals surface area contributed by atoms with Crippen molar-refractivity contribution < 1.29 is 9.90 Å². The minimum atomic E-state index is -1.05. The second kappa shape index (κ2) is 4.91. The second-order valence-corrected chi connectivity index (χ2v) is 5.04. The maximum Gasteiger partial charge on any atom is 0.432 e. The Morgan fingerprint density at radius 2 is 2.00 bits per heavy atom. The average molecular weight is 259 g/mol. The van der Waals surface area contributed by atoms with E-state index in [0.717, 1.165) is 22.9 Å². The highest BCUT2D eigenvalue weighted by atomic mass is 16.4. The fourth-order valence-electron chi connectivity index (χ4n) is 2.76. The van der Waals surface area contributed by atoms with Crippen LogP contribution in [-0.2, 0) is 0 Å². The summed E-state index contributed by atoms with van der Waals surface area (Å²) in [6.45, 7) is 0. The molecule has 3 rings (SSSR count). The van der Waals surface area contributed by atoms with Gasteiger partial charge in [0.1, 0.15) is 0 Å². The van der Waals surface area contributed by atoms with E-state index in [1.807, 2.05) is 18.2 Å². The number of hydrogen-bond donors (Lipinski definition) is 2. The van der Waals surface area contributed by atoms with Crippen molar-refractivity contribution in [2.24, 2.45) is 0 Å². The molecular weight excluding hydrogens is 242 g/mol. The van der Waals surface area contributed by atoms with Gasteiger partial charge >= 0.3 is 6.09 Å². The third-order valence-electron chi connectivity index (χ3n) is 3.71. The third kappa shape index (κ3) is 2.28. The predicted molar refractivity (Wildman–Crippen MR) is 73.7 cm³/mol. The molecule has 1 aliphatic carbocycles. The van der Waals surface area contributed by atoms with Gasteiger partial charge in [-0.05, 0) is 25.0 Å². The van der Waals surface area contributed by atoms with Crippen LogP contribution >= 0.6 is 0 Å². The minimum Gasteiger partial charge on any atom is -0.463 e. The Labute approximate surface area is 111 Å². The molecule has 1 saturated carbocycles. The van der Waals surface area contributed by atoms with Crippen LogP contribution in [0.4, 0.5) is 10.6 Å².